The Kier molecular flexibility index (Phi) is 5.40. The summed E-state index contributed by atoms with van der Waals surface area (Å²) >= 11 is 0. The second kappa shape index (κ2) is 7.22. The van der Waals surface area contributed by atoms with E-state index in [0.29, 0.717) is 13.1 Å². The van der Waals surface area contributed by atoms with Crippen molar-refractivity contribution >= 4 is 16.1 Å². The van der Waals surface area contributed by atoms with Gasteiger partial charge >= 0.3 is 6.09 Å². The van der Waals surface area contributed by atoms with Gasteiger partial charge in [-0.15, -0.1) is 0 Å². The van der Waals surface area contributed by atoms with Crippen LogP contribution in [-0.4, -0.2) is 61.1 Å². The number of aryl methyl sites for hydroxylation is 1. The molecule has 0 N–H and O–H groups in total. The maximum atomic E-state index is 13.1. The Balaban J connectivity index is 1.69. The molecule has 0 unspecified atom stereocenters. The number of amides is 1. The number of carbonyl (C=O) groups excluding carboxylic acids is 1. The van der Waals surface area contributed by atoms with Gasteiger partial charge in [-0.3, -0.25) is 0 Å². The third kappa shape index (κ3) is 4.60. The van der Waals surface area contributed by atoms with Crippen LogP contribution in [-0.2, 0) is 21.2 Å². The van der Waals surface area contributed by atoms with Crippen molar-refractivity contribution < 1.29 is 22.7 Å². The molecule has 7 nitrogen and oxygen atoms in total. The van der Waals surface area contributed by atoms with Gasteiger partial charge < -0.3 is 14.4 Å². The van der Waals surface area contributed by atoms with E-state index < -0.39 is 21.7 Å². The van der Waals surface area contributed by atoms with Crippen molar-refractivity contribution in [1.29, 1.82) is 0 Å². The summed E-state index contributed by atoms with van der Waals surface area (Å²) in [6, 6.07) is 5.08. The minimum Gasteiger partial charge on any atom is -0.488 e. The highest BCUT2D eigenvalue weighted by atomic mass is 32.2. The van der Waals surface area contributed by atoms with E-state index in [2.05, 4.69) is 0 Å². The molecule has 28 heavy (non-hydrogen) atoms. The molecule has 1 aromatic rings. The van der Waals surface area contributed by atoms with Crippen molar-refractivity contribution in [3.63, 3.8) is 0 Å². The molecule has 1 saturated heterocycles. The Labute approximate surface area is 167 Å². The largest absolute Gasteiger partial charge is 0.488 e. The van der Waals surface area contributed by atoms with E-state index in [-0.39, 0.29) is 23.6 Å². The zero-order chi connectivity index (χ0) is 20.7. The summed E-state index contributed by atoms with van der Waals surface area (Å²) in [5.41, 5.74) is 0.124. The highest BCUT2D eigenvalue weighted by Gasteiger charge is 2.33. The molecule has 0 saturated carbocycles. The summed E-state index contributed by atoms with van der Waals surface area (Å²) in [6.45, 7) is 10.6. The third-order valence-corrected chi connectivity index (χ3v) is 6.84. The lowest BCUT2D eigenvalue weighted by Crippen LogP contribution is -2.51. The summed E-state index contributed by atoms with van der Waals surface area (Å²) in [6.07, 6.45) is 1.23. The number of piperazine rings is 1. The molecule has 1 fully saturated rings. The van der Waals surface area contributed by atoms with Crippen LogP contribution in [0.4, 0.5) is 4.79 Å². The lowest BCUT2D eigenvalue weighted by Gasteiger charge is -2.35. The second-order valence-corrected chi connectivity index (χ2v) is 10.9. The Bertz CT molecular complexity index is 850. The zero-order valence-electron chi connectivity index (χ0n) is 17.3. The van der Waals surface area contributed by atoms with Crippen molar-refractivity contribution in [3.05, 3.63) is 23.8 Å². The van der Waals surface area contributed by atoms with Crippen LogP contribution in [0.2, 0.25) is 0 Å². The fourth-order valence-electron chi connectivity index (χ4n) is 3.38. The number of benzene rings is 1. The average Bonchev–Trinajstić information content (AvgIpc) is 2.59. The number of rotatable bonds is 2. The van der Waals surface area contributed by atoms with Crippen LogP contribution in [0.3, 0.4) is 0 Å². The number of sulfonamides is 1. The van der Waals surface area contributed by atoms with Crippen LogP contribution < -0.4 is 4.74 Å². The van der Waals surface area contributed by atoms with Crippen LogP contribution in [0.1, 0.15) is 46.6 Å². The first-order valence-electron chi connectivity index (χ1n) is 9.67. The van der Waals surface area contributed by atoms with Gasteiger partial charge in [-0.1, -0.05) is 0 Å². The Morgan fingerprint density at radius 3 is 2.39 bits per heavy atom. The van der Waals surface area contributed by atoms with E-state index in [1.54, 1.807) is 23.1 Å². The first-order chi connectivity index (χ1) is 12.9. The molecule has 1 amide bonds. The van der Waals surface area contributed by atoms with E-state index >= 15 is 0 Å². The molecule has 0 atom stereocenters. The molecule has 1 aromatic carbocycles. The van der Waals surface area contributed by atoms with Crippen molar-refractivity contribution in [1.82, 2.24) is 9.21 Å². The smallest absolute Gasteiger partial charge is 0.410 e. The molecule has 3 rings (SSSR count). The molecule has 0 aliphatic carbocycles. The monoisotopic (exact) mass is 410 g/mol. The molecule has 8 heteroatoms. The number of hydrogen-bond acceptors (Lipinski definition) is 5. The summed E-state index contributed by atoms with van der Waals surface area (Å²) in [7, 11) is -3.61. The van der Waals surface area contributed by atoms with Crippen LogP contribution in [0.5, 0.6) is 5.75 Å². The van der Waals surface area contributed by atoms with Crippen LogP contribution in [0.25, 0.3) is 0 Å². The fourth-order valence-corrected chi connectivity index (χ4v) is 4.86. The SMILES string of the molecule is CC(C)(C)OC(=O)N1CCN(S(=O)(=O)c2ccc3c(c2)CCC(C)(C)O3)CC1. The summed E-state index contributed by atoms with van der Waals surface area (Å²) < 4.78 is 38.9. The van der Waals surface area contributed by atoms with Gasteiger partial charge in [0.25, 0.3) is 0 Å². The number of nitrogens with zero attached hydrogens (tertiary/aromatic N) is 2. The molecule has 0 aromatic heterocycles. The second-order valence-electron chi connectivity index (χ2n) is 9.00. The molecule has 2 heterocycles. The number of hydrogen-bond donors (Lipinski definition) is 0. The van der Waals surface area contributed by atoms with Gasteiger partial charge in [-0.05, 0) is 71.2 Å². The predicted molar refractivity (Wildman–Crippen MR) is 106 cm³/mol. The molecule has 2 aliphatic rings. The highest BCUT2D eigenvalue weighted by Crippen LogP contribution is 2.35. The van der Waals surface area contributed by atoms with Gasteiger partial charge in [-0.25, -0.2) is 13.2 Å². The number of carbonyl (C=O) groups is 1. The molecular weight excluding hydrogens is 380 g/mol. The third-order valence-electron chi connectivity index (χ3n) is 4.94. The molecular formula is C20H30N2O5S. The van der Waals surface area contributed by atoms with Crippen LogP contribution in [0.15, 0.2) is 23.1 Å². The van der Waals surface area contributed by atoms with Crippen molar-refractivity contribution in [2.75, 3.05) is 26.2 Å². The van der Waals surface area contributed by atoms with E-state index in [1.807, 2.05) is 34.6 Å². The van der Waals surface area contributed by atoms with E-state index in [1.165, 1.54) is 4.31 Å². The number of ether oxygens (including phenoxy) is 2. The van der Waals surface area contributed by atoms with Crippen LogP contribution in [0, 0.1) is 0 Å². The Hall–Kier alpha value is -1.80. The van der Waals surface area contributed by atoms with E-state index in [9.17, 15) is 13.2 Å². The summed E-state index contributed by atoms with van der Waals surface area (Å²) in [4.78, 5) is 14.0. The standard InChI is InChI=1S/C20H30N2O5S/c1-19(2,3)27-18(23)21-10-12-22(13-11-21)28(24,25)16-6-7-17-15(14-16)8-9-20(4,5)26-17/h6-7,14H,8-13H2,1-5H3. The van der Waals surface area contributed by atoms with Crippen LogP contribution >= 0.6 is 0 Å². The minimum atomic E-state index is -3.61. The normalized spacial score (nSPS) is 20.2. The zero-order valence-corrected chi connectivity index (χ0v) is 18.1. The van der Waals surface area contributed by atoms with E-state index in [0.717, 1.165) is 24.2 Å². The quantitative estimate of drug-likeness (QED) is 0.749. The Morgan fingerprint density at radius 2 is 1.79 bits per heavy atom. The molecule has 2 aliphatic heterocycles. The fraction of sp³-hybridized carbons (Fsp3) is 0.650. The van der Waals surface area contributed by atoms with Gasteiger partial charge in [-0.2, -0.15) is 4.31 Å². The van der Waals surface area contributed by atoms with Crippen molar-refractivity contribution in [2.45, 2.75) is 63.6 Å². The lowest BCUT2D eigenvalue weighted by atomic mass is 9.94. The molecule has 0 spiro atoms. The summed E-state index contributed by atoms with van der Waals surface area (Å²) in [5, 5.41) is 0. The maximum absolute atomic E-state index is 13.1. The van der Waals surface area contributed by atoms with Gasteiger partial charge in [0.15, 0.2) is 0 Å². The Morgan fingerprint density at radius 1 is 1.14 bits per heavy atom. The first kappa shape index (κ1) is 20.9. The van der Waals surface area contributed by atoms with Gasteiger partial charge in [0, 0.05) is 26.2 Å². The first-order valence-corrected chi connectivity index (χ1v) is 11.1. The maximum Gasteiger partial charge on any atom is 0.410 e. The number of fused-ring (bicyclic) bond motifs is 1. The molecule has 156 valence electrons. The van der Waals surface area contributed by atoms with Gasteiger partial charge in [0.2, 0.25) is 10.0 Å². The average molecular weight is 411 g/mol. The van der Waals surface area contributed by atoms with Crippen molar-refractivity contribution in [3.8, 4) is 5.75 Å². The topological polar surface area (TPSA) is 76.2 Å². The highest BCUT2D eigenvalue weighted by molar-refractivity contribution is 7.89. The molecule has 0 bridgehead atoms. The molecule has 0 radical (unpaired) electrons. The van der Waals surface area contributed by atoms with Gasteiger partial charge in [0.1, 0.15) is 17.0 Å². The van der Waals surface area contributed by atoms with Gasteiger partial charge in [0.05, 0.1) is 4.90 Å². The predicted octanol–water partition coefficient (Wildman–Crippen LogP) is 3.03. The van der Waals surface area contributed by atoms with Crippen molar-refractivity contribution in [2.24, 2.45) is 0 Å². The van der Waals surface area contributed by atoms with E-state index in [4.69, 9.17) is 9.47 Å². The summed E-state index contributed by atoms with van der Waals surface area (Å²) in [5.74, 6) is 0.755. The minimum absolute atomic E-state index is 0.231. The lowest BCUT2D eigenvalue weighted by molar-refractivity contribution is 0.0192.